The van der Waals surface area contributed by atoms with Crippen LogP contribution in [-0.4, -0.2) is 106 Å². The number of aliphatic hydroxyl groups is 6. The normalized spacial score (nSPS) is 45.2. The Labute approximate surface area is 442 Å². The Morgan fingerprint density at radius 1 is 0.945 bits per heavy atom. The number of carbonyl (C=O) groups excluding carboxylic acids is 1. The monoisotopic (exact) mass is 1040 g/mol. The number of ketones is 1. The highest BCUT2D eigenvalue weighted by molar-refractivity contribution is 8.77. The zero-order chi connectivity index (χ0) is 51.0. The van der Waals surface area contributed by atoms with Crippen molar-refractivity contribution in [2.75, 3.05) is 18.9 Å². The average Bonchev–Trinajstić information content (AvgIpc) is 4.12. The summed E-state index contributed by atoms with van der Waals surface area (Å²) in [5.41, 5.74) is 10.0. The predicted octanol–water partition coefficient (Wildman–Crippen LogP) is 8.57. The van der Waals surface area contributed by atoms with Gasteiger partial charge in [0.15, 0.2) is 11.7 Å². The van der Waals surface area contributed by atoms with Crippen LogP contribution in [-0.2, 0) is 4.79 Å². The number of imidazole rings is 1. The number of carbonyl (C=O) groups is 1. The number of allylic oxidation sites excluding steroid dienone is 3. The van der Waals surface area contributed by atoms with Gasteiger partial charge in [0.1, 0.15) is 6.23 Å². The van der Waals surface area contributed by atoms with Crippen LogP contribution < -0.4 is 11.1 Å². The highest BCUT2D eigenvalue weighted by Crippen LogP contribution is 2.77. The third-order valence-electron chi connectivity index (χ3n) is 23.1. The van der Waals surface area contributed by atoms with Gasteiger partial charge < -0.3 is 46.3 Å². The second kappa shape index (κ2) is 18.8. The molecular weight excluding hydrogens is 955 g/mol. The minimum Gasteiger partial charge on any atom is -0.396 e. The number of fused-ring (bicyclic) bond motifs is 15. The number of aromatic nitrogens is 2. The van der Waals surface area contributed by atoms with Crippen molar-refractivity contribution >= 4 is 33.3 Å². The molecule has 2 heterocycles. The van der Waals surface area contributed by atoms with Crippen molar-refractivity contribution in [3.8, 4) is 0 Å². The van der Waals surface area contributed by atoms with Crippen LogP contribution >= 0.6 is 21.6 Å². The minimum absolute atomic E-state index is 0.0954. The lowest BCUT2D eigenvalue weighted by Gasteiger charge is -2.65. The molecule has 402 valence electrons. The van der Waals surface area contributed by atoms with E-state index < -0.39 is 57.6 Å². The van der Waals surface area contributed by atoms with E-state index in [4.69, 9.17) is 10.7 Å². The molecule has 0 amide bonds. The Balaban J connectivity index is 1.09. The predicted molar refractivity (Wildman–Crippen MR) is 288 cm³/mol. The van der Waals surface area contributed by atoms with Gasteiger partial charge in [0, 0.05) is 64.6 Å². The van der Waals surface area contributed by atoms with Gasteiger partial charge in [-0.2, -0.15) is 0 Å². The minimum atomic E-state index is -1.63. The van der Waals surface area contributed by atoms with E-state index in [0.29, 0.717) is 35.7 Å². The highest BCUT2D eigenvalue weighted by atomic mass is 33.1. The maximum Gasteiger partial charge on any atom is 0.190 e. The molecule has 12 rings (SSSR count). The lowest BCUT2D eigenvalue weighted by Crippen LogP contribution is -2.68. The average molecular weight is 1040 g/mol. The van der Waals surface area contributed by atoms with Gasteiger partial charge in [-0.15, -0.1) is 0 Å². The Kier molecular flexibility index (Phi) is 13.2. The fourth-order valence-electron chi connectivity index (χ4n) is 20.7. The summed E-state index contributed by atoms with van der Waals surface area (Å²) in [6.45, 7) is 8.60. The Morgan fingerprint density at radius 3 is 2.41 bits per heavy atom. The number of rotatable bonds is 5. The van der Waals surface area contributed by atoms with E-state index in [9.17, 15) is 25.5 Å². The van der Waals surface area contributed by atoms with Gasteiger partial charge in [0.2, 0.25) is 0 Å². The second-order valence-corrected chi connectivity index (χ2v) is 29.8. The molecule has 8 fully saturated rings. The Hall–Kier alpha value is -2.17. The van der Waals surface area contributed by atoms with Gasteiger partial charge in [-0.25, -0.2) is 4.98 Å². The summed E-state index contributed by atoms with van der Waals surface area (Å²) in [7, 11) is 3.92. The molecule has 11 aliphatic rings. The summed E-state index contributed by atoms with van der Waals surface area (Å²) in [5.74, 6) is -0.726. The van der Waals surface area contributed by atoms with Gasteiger partial charge in [0.25, 0.3) is 0 Å². The third kappa shape index (κ3) is 7.73. The van der Waals surface area contributed by atoms with E-state index in [0.717, 1.165) is 76.4 Å². The van der Waals surface area contributed by atoms with E-state index in [1.54, 1.807) is 29.7 Å². The molecule has 0 unspecified atom stereocenters. The highest BCUT2D eigenvalue weighted by Gasteiger charge is 2.77. The number of nitrogens with zero attached hydrogens (tertiary/aromatic N) is 3. The first-order valence-corrected chi connectivity index (χ1v) is 31.4. The molecule has 1 aromatic heterocycles. The Morgan fingerprint density at radius 2 is 1.68 bits per heavy atom. The first-order valence-electron chi connectivity index (χ1n) is 29.0. The molecule has 1 aliphatic heterocycles. The lowest BCUT2D eigenvalue weighted by molar-refractivity contribution is -0.189. The van der Waals surface area contributed by atoms with Gasteiger partial charge >= 0.3 is 0 Å². The van der Waals surface area contributed by atoms with Crippen LogP contribution in [0.2, 0.25) is 0 Å². The smallest absolute Gasteiger partial charge is 0.190 e. The second-order valence-electron chi connectivity index (χ2n) is 27.1. The van der Waals surface area contributed by atoms with Gasteiger partial charge in [0.05, 0.1) is 36.8 Å². The SMILES string of the molecule is C[C@H](O)NC(N)=NC[C@H]1C[C@]2(CO)[C@@H]3C[C@H](C4(CCCCC4)SSC[C@H](n4ccnc4)CC(C)(C)C4=C5CCCC6(CCCC6)[C@@H]5C5=C6[C@@H](CCC5)C[C@@H]3[C@H](O)[C@H]64)[C@@]2(O)C2=CC(=O)[C@@H]3C[C@@H](O)[C@@H](O)C[C@]3(C)[C@H]21. The summed E-state index contributed by atoms with van der Waals surface area (Å²) in [6.07, 6.45) is 24.3. The number of aliphatic hydroxyl groups excluding tert-OH is 5. The molecule has 7 saturated carbocycles. The molecule has 10 aliphatic carbocycles. The molecule has 17 atom stereocenters. The first-order chi connectivity index (χ1) is 34.9. The number of aliphatic imine (C=N–C) groups is 1. The van der Waals surface area contributed by atoms with Crippen LogP contribution in [0.3, 0.4) is 0 Å². The van der Waals surface area contributed by atoms with Gasteiger partial charge in [-0.3, -0.25) is 9.79 Å². The largest absolute Gasteiger partial charge is 0.396 e. The summed E-state index contributed by atoms with van der Waals surface area (Å²) >= 11 is 0. The van der Waals surface area contributed by atoms with Gasteiger partial charge in [-0.05, 0) is 167 Å². The quantitative estimate of drug-likeness (QED) is 0.0459. The molecule has 14 heteroatoms. The van der Waals surface area contributed by atoms with Crippen LogP contribution in [0.15, 0.2) is 57.7 Å². The molecule has 0 aromatic carbocycles. The molecular formula is C59H87N5O7S2. The summed E-state index contributed by atoms with van der Waals surface area (Å²) in [5, 5.41) is 78.2. The number of nitrogens with one attached hydrogen (secondary N) is 1. The molecule has 12 nitrogen and oxygen atoms in total. The zero-order valence-electron chi connectivity index (χ0n) is 44.2. The van der Waals surface area contributed by atoms with Crippen LogP contribution in [0.25, 0.3) is 0 Å². The topological polar surface area (TPSA) is 207 Å². The van der Waals surface area contributed by atoms with Crippen molar-refractivity contribution in [3.05, 3.63) is 52.7 Å². The number of nitrogens with two attached hydrogens (primary N) is 1. The van der Waals surface area contributed by atoms with Crippen molar-refractivity contribution in [2.45, 2.75) is 203 Å². The molecule has 0 radical (unpaired) electrons. The lowest BCUT2D eigenvalue weighted by atomic mass is 9.41. The van der Waals surface area contributed by atoms with Crippen molar-refractivity contribution in [1.82, 2.24) is 14.9 Å². The van der Waals surface area contributed by atoms with E-state index in [2.05, 4.69) is 41.8 Å². The van der Waals surface area contributed by atoms with E-state index in [1.165, 1.54) is 44.1 Å². The van der Waals surface area contributed by atoms with Crippen LogP contribution in [0, 0.1) is 74.9 Å². The van der Waals surface area contributed by atoms with E-state index in [1.807, 2.05) is 34.1 Å². The maximum atomic E-state index is 15.1. The summed E-state index contributed by atoms with van der Waals surface area (Å²) in [4.78, 5) is 24.7. The fraction of sp³-hybridized carbons (Fsp3) is 0.814. The summed E-state index contributed by atoms with van der Waals surface area (Å²) in [6, 6.07) is 0.138. The van der Waals surface area contributed by atoms with Crippen LogP contribution in [0.5, 0.6) is 0 Å². The van der Waals surface area contributed by atoms with Crippen LogP contribution in [0.1, 0.15) is 169 Å². The Bertz CT molecular complexity index is 2420. The van der Waals surface area contributed by atoms with Crippen LogP contribution in [0.4, 0.5) is 0 Å². The molecule has 9 N–H and O–H groups in total. The zero-order valence-corrected chi connectivity index (χ0v) is 45.8. The molecule has 1 aromatic rings. The van der Waals surface area contributed by atoms with Gasteiger partial charge in [-0.1, -0.05) is 96.8 Å². The number of guanidine groups is 1. The van der Waals surface area contributed by atoms with Crippen molar-refractivity contribution < 1.29 is 35.4 Å². The number of hydrogen-bond donors (Lipinski definition) is 8. The van der Waals surface area contributed by atoms with Crippen molar-refractivity contribution in [2.24, 2.45) is 85.6 Å². The standard InChI is InChI=1S/C59H87N5O7S2/c1-33(66)63-53(60)62-29-35-26-57(31-65)40-25-46(59(57,71)42-24-43(67)41-23-44(68)45(69)28-55(41,4)49(35)42)58(18-6-5-7-19-58)73-72-30-36(64-21-20-61-32-64)27-54(2,3)51-38-14-11-17-56(15-8-9-16-56)50(38)37-13-10-12-34-22-39(40)52(70)48(51)47(34)37/h20-21,24,32-36,39-41,44-46,48-50,52,65-66,68-71H,5-19,22-23,25-31H2,1-4H3,(H3,60,62,63)/t33-,34-,35+,36+,39-,40+,41-,44+,45-,46+,48+,49-,50+,52-,55-,57-,59-/m0/s1. The first kappa shape index (κ1) is 51.6. The fourth-order valence-corrected chi connectivity index (χ4v) is 24.5. The number of hydrogen-bond acceptors (Lipinski definition) is 11. The van der Waals surface area contributed by atoms with Crippen molar-refractivity contribution in [3.63, 3.8) is 0 Å². The maximum absolute atomic E-state index is 15.1. The van der Waals surface area contributed by atoms with E-state index in [-0.39, 0.29) is 78.8 Å². The molecule has 4 bridgehead atoms. The van der Waals surface area contributed by atoms with Crippen molar-refractivity contribution in [1.29, 1.82) is 0 Å². The van der Waals surface area contributed by atoms with E-state index >= 15 is 9.90 Å². The molecule has 2 spiro atoms. The molecule has 1 saturated heterocycles. The third-order valence-corrected chi connectivity index (χ3v) is 26.5. The molecule has 73 heavy (non-hydrogen) atoms. The summed E-state index contributed by atoms with van der Waals surface area (Å²) < 4.78 is 1.94.